The van der Waals surface area contributed by atoms with Crippen LogP contribution in [0.1, 0.15) is 41.0 Å². The van der Waals surface area contributed by atoms with E-state index < -0.39 is 8.32 Å². The standard InChI is InChI=1S/C13H28O3Si/c1-10(9-12(14)15-6)11(2)16-17(7,8)13(3,4)5/h10-11H,9H2,1-8H3/t10-,11+/m1/s1. The normalized spacial score (nSPS) is 16.5. The molecule has 102 valence electrons. The van der Waals surface area contributed by atoms with E-state index in [9.17, 15) is 4.79 Å². The molecular formula is C13H28O3Si. The summed E-state index contributed by atoms with van der Waals surface area (Å²) in [5, 5.41) is 0.201. The van der Waals surface area contributed by atoms with Gasteiger partial charge in [0.25, 0.3) is 0 Å². The van der Waals surface area contributed by atoms with Crippen molar-refractivity contribution >= 4 is 14.3 Å². The first-order chi connectivity index (χ1) is 7.51. The molecule has 0 aromatic carbocycles. The maximum absolute atomic E-state index is 11.2. The van der Waals surface area contributed by atoms with Crippen molar-refractivity contribution in [3.8, 4) is 0 Å². The van der Waals surface area contributed by atoms with E-state index in [0.29, 0.717) is 6.42 Å². The average Bonchev–Trinajstić information content (AvgIpc) is 2.14. The summed E-state index contributed by atoms with van der Waals surface area (Å²) in [6, 6.07) is 0. The Hall–Kier alpha value is -0.353. The third-order valence-electron chi connectivity index (χ3n) is 3.80. The molecule has 0 aliphatic carbocycles. The first-order valence-electron chi connectivity index (χ1n) is 6.26. The zero-order chi connectivity index (χ0) is 13.9. The second-order valence-electron chi connectivity index (χ2n) is 6.34. The monoisotopic (exact) mass is 260 g/mol. The Morgan fingerprint density at radius 1 is 1.24 bits per heavy atom. The molecule has 0 saturated heterocycles. The van der Waals surface area contributed by atoms with Gasteiger partial charge in [-0.15, -0.1) is 0 Å². The molecule has 0 bridgehead atoms. The first-order valence-corrected chi connectivity index (χ1v) is 9.16. The summed E-state index contributed by atoms with van der Waals surface area (Å²) in [5.41, 5.74) is 0. The van der Waals surface area contributed by atoms with Gasteiger partial charge in [0.05, 0.1) is 13.5 Å². The SMILES string of the molecule is COC(=O)C[C@@H](C)[C@H](C)O[Si](C)(C)C(C)(C)C. The van der Waals surface area contributed by atoms with Gasteiger partial charge in [0, 0.05) is 6.10 Å². The van der Waals surface area contributed by atoms with E-state index in [0.717, 1.165) is 0 Å². The van der Waals surface area contributed by atoms with Gasteiger partial charge in [-0.25, -0.2) is 0 Å². The fourth-order valence-corrected chi connectivity index (χ4v) is 2.79. The van der Waals surface area contributed by atoms with E-state index in [1.165, 1.54) is 7.11 Å². The van der Waals surface area contributed by atoms with E-state index in [1.54, 1.807) is 0 Å². The van der Waals surface area contributed by atoms with Crippen molar-refractivity contribution in [1.29, 1.82) is 0 Å². The number of carbonyl (C=O) groups is 1. The van der Waals surface area contributed by atoms with Gasteiger partial charge in [0.2, 0.25) is 0 Å². The lowest BCUT2D eigenvalue weighted by molar-refractivity contribution is -0.142. The van der Waals surface area contributed by atoms with Gasteiger partial charge in [0.1, 0.15) is 0 Å². The van der Waals surface area contributed by atoms with Gasteiger partial charge in [-0.2, -0.15) is 0 Å². The van der Waals surface area contributed by atoms with Crippen LogP contribution < -0.4 is 0 Å². The summed E-state index contributed by atoms with van der Waals surface area (Å²) in [4.78, 5) is 11.2. The lowest BCUT2D eigenvalue weighted by Gasteiger charge is -2.39. The molecule has 0 spiro atoms. The average molecular weight is 260 g/mol. The van der Waals surface area contributed by atoms with Crippen molar-refractivity contribution in [3.05, 3.63) is 0 Å². The molecule has 0 unspecified atom stereocenters. The van der Waals surface area contributed by atoms with Crippen LogP contribution in [0.3, 0.4) is 0 Å². The lowest BCUT2D eigenvalue weighted by Crippen LogP contribution is -2.44. The molecule has 0 aliphatic rings. The van der Waals surface area contributed by atoms with Gasteiger partial charge >= 0.3 is 5.97 Å². The van der Waals surface area contributed by atoms with Crippen LogP contribution in [-0.2, 0) is 14.0 Å². The second kappa shape index (κ2) is 6.00. The van der Waals surface area contributed by atoms with Crippen LogP contribution in [-0.4, -0.2) is 27.5 Å². The van der Waals surface area contributed by atoms with E-state index in [2.05, 4.69) is 38.6 Å². The highest BCUT2D eigenvalue weighted by Gasteiger charge is 2.39. The molecule has 0 fully saturated rings. The highest BCUT2D eigenvalue weighted by Crippen LogP contribution is 2.38. The number of carbonyl (C=O) groups excluding carboxylic acids is 1. The summed E-state index contributed by atoms with van der Waals surface area (Å²) in [6.07, 6.45) is 0.515. The molecule has 0 radical (unpaired) electrons. The molecule has 3 nitrogen and oxygen atoms in total. The molecule has 0 rings (SSSR count). The van der Waals surface area contributed by atoms with Crippen LogP contribution in [0.5, 0.6) is 0 Å². The number of hydrogen-bond donors (Lipinski definition) is 0. The van der Waals surface area contributed by atoms with Crippen molar-refractivity contribution in [1.82, 2.24) is 0 Å². The third kappa shape index (κ3) is 5.21. The molecule has 0 aliphatic heterocycles. The Morgan fingerprint density at radius 3 is 2.06 bits per heavy atom. The summed E-state index contributed by atoms with van der Waals surface area (Å²) >= 11 is 0. The Morgan fingerprint density at radius 2 is 1.71 bits per heavy atom. The van der Waals surface area contributed by atoms with Crippen molar-refractivity contribution in [2.24, 2.45) is 5.92 Å². The van der Waals surface area contributed by atoms with Crippen LogP contribution in [0, 0.1) is 5.92 Å². The van der Waals surface area contributed by atoms with E-state index in [4.69, 9.17) is 4.43 Å². The maximum atomic E-state index is 11.2. The van der Waals surface area contributed by atoms with Crippen LogP contribution in [0.15, 0.2) is 0 Å². The zero-order valence-electron chi connectivity index (χ0n) is 12.6. The topological polar surface area (TPSA) is 35.5 Å². The molecule has 4 heteroatoms. The fourth-order valence-electron chi connectivity index (χ4n) is 1.27. The van der Waals surface area contributed by atoms with Gasteiger partial charge in [-0.1, -0.05) is 27.7 Å². The minimum Gasteiger partial charge on any atom is -0.469 e. The number of esters is 1. The molecule has 0 saturated carbocycles. The zero-order valence-corrected chi connectivity index (χ0v) is 13.6. The third-order valence-corrected chi connectivity index (χ3v) is 8.38. The molecular weight excluding hydrogens is 232 g/mol. The predicted octanol–water partition coefficient (Wildman–Crippen LogP) is 3.60. The van der Waals surface area contributed by atoms with E-state index in [-0.39, 0.29) is 23.0 Å². The largest absolute Gasteiger partial charge is 0.469 e. The molecule has 2 atom stereocenters. The number of ether oxygens (including phenoxy) is 1. The summed E-state index contributed by atoms with van der Waals surface area (Å²) in [5.74, 6) is 0.0276. The Balaban J connectivity index is 4.44. The van der Waals surface area contributed by atoms with Gasteiger partial charge in [-0.3, -0.25) is 4.79 Å². The molecule has 0 heterocycles. The van der Waals surface area contributed by atoms with Gasteiger partial charge in [-0.05, 0) is 31.0 Å². The van der Waals surface area contributed by atoms with Crippen molar-refractivity contribution < 1.29 is 14.0 Å². The minimum atomic E-state index is -1.74. The van der Waals surface area contributed by atoms with Gasteiger partial charge < -0.3 is 9.16 Å². The maximum Gasteiger partial charge on any atom is 0.305 e. The minimum absolute atomic E-state index is 0.0926. The molecule has 0 aromatic rings. The lowest BCUT2D eigenvalue weighted by atomic mass is 10.0. The van der Waals surface area contributed by atoms with Gasteiger partial charge in [0.15, 0.2) is 8.32 Å². The van der Waals surface area contributed by atoms with Crippen LogP contribution in [0.25, 0.3) is 0 Å². The Bertz CT molecular complexity index is 256. The summed E-state index contributed by atoms with van der Waals surface area (Å²) < 4.78 is 10.9. The highest BCUT2D eigenvalue weighted by atomic mass is 28.4. The number of methoxy groups -OCH3 is 1. The highest BCUT2D eigenvalue weighted by molar-refractivity contribution is 6.74. The summed E-state index contributed by atoms with van der Waals surface area (Å²) in [6.45, 7) is 15.2. The van der Waals surface area contributed by atoms with Crippen molar-refractivity contribution in [2.45, 2.75) is 65.3 Å². The summed E-state index contributed by atoms with van der Waals surface area (Å²) in [7, 11) is -0.319. The van der Waals surface area contributed by atoms with E-state index >= 15 is 0 Å². The van der Waals surface area contributed by atoms with Crippen molar-refractivity contribution in [3.63, 3.8) is 0 Å². The second-order valence-corrected chi connectivity index (χ2v) is 11.1. The van der Waals surface area contributed by atoms with Crippen LogP contribution >= 0.6 is 0 Å². The van der Waals surface area contributed by atoms with E-state index in [1.807, 2.05) is 13.8 Å². The molecule has 17 heavy (non-hydrogen) atoms. The quantitative estimate of drug-likeness (QED) is 0.560. The number of rotatable bonds is 5. The Labute approximate surface area is 107 Å². The van der Waals surface area contributed by atoms with Crippen LogP contribution in [0.2, 0.25) is 18.1 Å². The predicted molar refractivity (Wildman–Crippen MR) is 73.5 cm³/mol. The molecule has 0 amide bonds. The fraction of sp³-hybridized carbons (Fsp3) is 0.923. The van der Waals surface area contributed by atoms with Crippen LogP contribution in [0.4, 0.5) is 0 Å². The van der Waals surface area contributed by atoms with Crippen molar-refractivity contribution in [2.75, 3.05) is 7.11 Å². The Kier molecular flexibility index (Phi) is 5.88. The molecule has 0 N–H and O–H groups in total. The smallest absolute Gasteiger partial charge is 0.305 e. The first kappa shape index (κ1) is 16.6. The number of hydrogen-bond acceptors (Lipinski definition) is 3. The molecule has 0 aromatic heterocycles.